The number of amides is 2. The van der Waals surface area contributed by atoms with Crippen LogP contribution in [0, 0.1) is 29.1 Å². The average Bonchev–Trinajstić information content (AvgIpc) is 3.40. The molecule has 0 spiro atoms. The molecule has 0 saturated heterocycles. The molecule has 144 valence electrons. The van der Waals surface area contributed by atoms with Gasteiger partial charge in [0.25, 0.3) is 0 Å². The van der Waals surface area contributed by atoms with Crippen molar-refractivity contribution in [2.45, 2.75) is 64.3 Å². The third-order valence-corrected chi connectivity index (χ3v) is 8.69. The molecule has 27 heavy (non-hydrogen) atoms. The lowest BCUT2D eigenvalue weighted by Crippen LogP contribution is -2.55. The standard InChI is InChI=1S/C21H27N3O2S/c25-18(15-1-2-15)23-20-22-16-3-4-24(11-17(16)27-20)19(26)21-8-12-5-13(9-21)7-14(6-12)10-21/h12-15H,1-11H2,(H,22,23,25). The highest BCUT2D eigenvalue weighted by Gasteiger charge is 2.55. The average molecular weight is 386 g/mol. The highest BCUT2D eigenvalue weighted by atomic mass is 32.1. The minimum atomic E-state index is -0.0556. The van der Waals surface area contributed by atoms with Crippen LogP contribution in [0.25, 0.3) is 0 Å². The molecule has 6 heteroatoms. The first-order chi connectivity index (χ1) is 13.1. The Kier molecular flexibility index (Phi) is 3.54. The number of thiazole rings is 1. The van der Waals surface area contributed by atoms with Crippen LogP contribution in [-0.2, 0) is 22.6 Å². The fourth-order valence-electron chi connectivity index (χ4n) is 6.68. The quantitative estimate of drug-likeness (QED) is 0.865. The summed E-state index contributed by atoms with van der Waals surface area (Å²) in [6, 6.07) is 0. The van der Waals surface area contributed by atoms with Gasteiger partial charge in [0.2, 0.25) is 11.8 Å². The van der Waals surface area contributed by atoms with Crippen molar-refractivity contribution in [3.8, 4) is 0 Å². The van der Waals surface area contributed by atoms with Gasteiger partial charge in [-0.05, 0) is 69.1 Å². The van der Waals surface area contributed by atoms with Gasteiger partial charge in [0.1, 0.15) is 0 Å². The normalized spacial score (nSPS) is 36.6. The number of hydrogen-bond acceptors (Lipinski definition) is 4. The summed E-state index contributed by atoms with van der Waals surface area (Å²) in [5, 5.41) is 3.70. The number of hydrogen-bond donors (Lipinski definition) is 1. The number of rotatable bonds is 3. The highest BCUT2D eigenvalue weighted by Crippen LogP contribution is 2.60. The first-order valence-electron chi connectivity index (χ1n) is 10.7. The summed E-state index contributed by atoms with van der Waals surface area (Å²) in [6.45, 7) is 1.47. The summed E-state index contributed by atoms with van der Waals surface area (Å²) < 4.78 is 0. The van der Waals surface area contributed by atoms with Gasteiger partial charge >= 0.3 is 0 Å². The SMILES string of the molecule is O=C(Nc1nc2c(s1)CN(C(=O)C13CC4CC(CC(C4)C1)C3)CC2)C1CC1. The zero-order chi connectivity index (χ0) is 18.2. The zero-order valence-electron chi connectivity index (χ0n) is 15.7. The molecule has 1 aromatic rings. The van der Waals surface area contributed by atoms with Crippen LogP contribution in [0.15, 0.2) is 0 Å². The van der Waals surface area contributed by atoms with Crippen molar-refractivity contribution in [2.75, 3.05) is 11.9 Å². The lowest BCUT2D eigenvalue weighted by atomic mass is 9.49. The minimum absolute atomic E-state index is 0.0556. The number of nitrogens with zero attached hydrogens (tertiary/aromatic N) is 2. The molecule has 5 aliphatic carbocycles. The van der Waals surface area contributed by atoms with E-state index < -0.39 is 0 Å². The molecule has 1 N–H and O–H groups in total. The van der Waals surface area contributed by atoms with Gasteiger partial charge in [-0.1, -0.05) is 11.3 Å². The fraction of sp³-hybridized carbons (Fsp3) is 0.762. The second-order valence-electron chi connectivity index (χ2n) is 9.83. The van der Waals surface area contributed by atoms with Gasteiger partial charge in [-0.25, -0.2) is 4.98 Å². The Morgan fingerprint density at radius 3 is 2.37 bits per heavy atom. The van der Waals surface area contributed by atoms with E-state index in [0.29, 0.717) is 12.5 Å². The van der Waals surface area contributed by atoms with E-state index in [2.05, 4.69) is 15.2 Å². The zero-order valence-corrected chi connectivity index (χ0v) is 16.5. The molecule has 5 fully saturated rings. The van der Waals surface area contributed by atoms with Crippen molar-refractivity contribution in [1.82, 2.24) is 9.88 Å². The highest BCUT2D eigenvalue weighted by molar-refractivity contribution is 7.15. The molecule has 5 nitrogen and oxygen atoms in total. The maximum Gasteiger partial charge on any atom is 0.229 e. The molecule has 5 saturated carbocycles. The third kappa shape index (κ3) is 2.74. The molecule has 1 aliphatic heterocycles. The summed E-state index contributed by atoms with van der Waals surface area (Å²) in [7, 11) is 0. The molecule has 0 atom stereocenters. The molecule has 0 unspecified atom stereocenters. The van der Waals surface area contributed by atoms with E-state index in [0.717, 1.165) is 73.6 Å². The van der Waals surface area contributed by atoms with Gasteiger partial charge in [0.15, 0.2) is 5.13 Å². The Labute approximate surface area is 163 Å². The van der Waals surface area contributed by atoms with Crippen LogP contribution in [0.4, 0.5) is 5.13 Å². The molecule has 1 aromatic heterocycles. The van der Waals surface area contributed by atoms with Crippen LogP contribution in [0.2, 0.25) is 0 Å². The van der Waals surface area contributed by atoms with Gasteiger partial charge in [-0.2, -0.15) is 0 Å². The molecule has 2 heterocycles. The van der Waals surface area contributed by atoms with Crippen molar-refractivity contribution >= 4 is 28.3 Å². The topological polar surface area (TPSA) is 62.3 Å². The first-order valence-corrected chi connectivity index (χ1v) is 11.5. The number of nitrogens with one attached hydrogen (secondary N) is 1. The van der Waals surface area contributed by atoms with Crippen molar-refractivity contribution in [1.29, 1.82) is 0 Å². The Morgan fingerprint density at radius 2 is 1.74 bits per heavy atom. The van der Waals surface area contributed by atoms with Crippen LogP contribution in [0.5, 0.6) is 0 Å². The van der Waals surface area contributed by atoms with Crippen LogP contribution >= 0.6 is 11.3 Å². The van der Waals surface area contributed by atoms with Gasteiger partial charge in [-0.3, -0.25) is 9.59 Å². The largest absolute Gasteiger partial charge is 0.337 e. The Hall–Kier alpha value is -1.43. The van der Waals surface area contributed by atoms with Gasteiger partial charge < -0.3 is 10.2 Å². The molecular formula is C21H27N3O2S. The van der Waals surface area contributed by atoms with Crippen LogP contribution < -0.4 is 5.32 Å². The predicted octanol–water partition coefficient (Wildman–Crippen LogP) is 3.59. The molecular weight excluding hydrogens is 358 g/mol. The van der Waals surface area contributed by atoms with Crippen molar-refractivity contribution in [2.24, 2.45) is 29.1 Å². The minimum Gasteiger partial charge on any atom is -0.337 e. The molecule has 0 radical (unpaired) electrons. The summed E-state index contributed by atoms with van der Waals surface area (Å²) in [4.78, 5) is 33.5. The van der Waals surface area contributed by atoms with Gasteiger partial charge in [0, 0.05) is 23.8 Å². The van der Waals surface area contributed by atoms with E-state index in [9.17, 15) is 9.59 Å². The van der Waals surface area contributed by atoms with E-state index in [4.69, 9.17) is 0 Å². The summed E-state index contributed by atoms with van der Waals surface area (Å²) in [5.41, 5.74) is 1.03. The number of fused-ring (bicyclic) bond motifs is 1. The second-order valence-corrected chi connectivity index (χ2v) is 10.9. The molecule has 6 aliphatic rings. The lowest BCUT2D eigenvalue weighted by Gasteiger charge is -2.56. The van der Waals surface area contributed by atoms with Gasteiger partial charge in [-0.15, -0.1) is 0 Å². The third-order valence-electron chi connectivity index (χ3n) is 7.69. The molecule has 2 amide bonds. The maximum absolute atomic E-state index is 13.6. The Morgan fingerprint density at radius 1 is 1.07 bits per heavy atom. The summed E-state index contributed by atoms with van der Waals surface area (Å²) >= 11 is 1.57. The Balaban J connectivity index is 1.19. The molecule has 0 aromatic carbocycles. The summed E-state index contributed by atoms with van der Waals surface area (Å²) in [5.74, 6) is 3.13. The van der Waals surface area contributed by atoms with E-state index in [1.54, 1.807) is 11.3 Å². The fourth-order valence-corrected chi connectivity index (χ4v) is 7.71. The second kappa shape index (κ2) is 5.79. The van der Waals surface area contributed by atoms with E-state index in [1.807, 2.05) is 0 Å². The number of carbonyl (C=O) groups excluding carboxylic acids is 2. The van der Waals surface area contributed by atoms with E-state index in [1.165, 1.54) is 24.1 Å². The predicted molar refractivity (Wildman–Crippen MR) is 103 cm³/mol. The number of anilines is 1. The van der Waals surface area contributed by atoms with Crippen molar-refractivity contribution in [3.63, 3.8) is 0 Å². The monoisotopic (exact) mass is 385 g/mol. The number of carbonyl (C=O) groups is 2. The molecule has 7 rings (SSSR count). The maximum atomic E-state index is 13.6. The Bertz CT molecular complexity index is 777. The van der Waals surface area contributed by atoms with E-state index >= 15 is 0 Å². The van der Waals surface area contributed by atoms with Crippen molar-refractivity contribution in [3.05, 3.63) is 10.6 Å². The van der Waals surface area contributed by atoms with Crippen molar-refractivity contribution < 1.29 is 9.59 Å². The van der Waals surface area contributed by atoms with Crippen LogP contribution in [0.1, 0.15) is 61.9 Å². The van der Waals surface area contributed by atoms with Crippen LogP contribution in [0.3, 0.4) is 0 Å². The van der Waals surface area contributed by atoms with E-state index in [-0.39, 0.29) is 17.2 Å². The smallest absolute Gasteiger partial charge is 0.229 e. The lowest BCUT2D eigenvalue weighted by molar-refractivity contribution is -0.158. The van der Waals surface area contributed by atoms with Crippen LogP contribution in [-0.4, -0.2) is 28.2 Å². The molecule has 4 bridgehead atoms. The van der Waals surface area contributed by atoms with Gasteiger partial charge in [0.05, 0.1) is 17.7 Å². The first kappa shape index (κ1) is 16.5. The number of aromatic nitrogens is 1. The summed E-state index contributed by atoms with van der Waals surface area (Å²) in [6.07, 6.45) is 10.3.